The van der Waals surface area contributed by atoms with E-state index in [1.165, 1.54) is 6.20 Å². The molecule has 1 aromatic carbocycles. The van der Waals surface area contributed by atoms with Gasteiger partial charge in [0.25, 0.3) is 5.91 Å². The Labute approximate surface area is 170 Å². The third-order valence-corrected chi connectivity index (χ3v) is 7.11. The largest absolute Gasteiger partial charge is 0.416 e. The number of nitrogens with two attached hydrogens (primary N) is 1. The van der Waals surface area contributed by atoms with Crippen LogP contribution in [0.25, 0.3) is 0 Å². The summed E-state index contributed by atoms with van der Waals surface area (Å²) >= 11 is 1.03. The molecule has 1 saturated carbocycles. The van der Waals surface area contributed by atoms with Crippen molar-refractivity contribution in [3.63, 3.8) is 0 Å². The van der Waals surface area contributed by atoms with E-state index in [-0.39, 0.29) is 21.3 Å². The van der Waals surface area contributed by atoms with E-state index in [9.17, 15) is 26.6 Å². The van der Waals surface area contributed by atoms with Gasteiger partial charge in [-0.1, -0.05) is 0 Å². The molecule has 0 radical (unpaired) electrons. The fourth-order valence-corrected chi connectivity index (χ4v) is 4.75. The lowest BCUT2D eigenvalue weighted by atomic mass is 9.94. The number of halogens is 4. The van der Waals surface area contributed by atoms with Gasteiger partial charge in [-0.05, 0) is 55.9 Å². The smallest absolute Gasteiger partial charge is 0.320 e. The number of thiazole rings is 1. The van der Waals surface area contributed by atoms with Gasteiger partial charge >= 0.3 is 6.18 Å². The first kappa shape index (κ1) is 21.8. The third kappa shape index (κ3) is 5.20. The first-order valence-corrected chi connectivity index (χ1v) is 10.8. The third-order valence-electron chi connectivity index (χ3n) is 4.34. The van der Waals surface area contributed by atoms with Crippen LogP contribution >= 0.6 is 11.3 Å². The lowest BCUT2D eigenvalue weighted by Gasteiger charge is -2.16. The average molecular weight is 449 g/mol. The Morgan fingerprint density at radius 3 is 2.52 bits per heavy atom. The maximum absolute atomic E-state index is 13.7. The number of hydrogen-bond donors (Lipinski definition) is 2. The SMILES string of the molecule is CC(C)(N)c1ncc([SH](=O)=NC(=O)Cc2c(C3CC3)cc(F)cc2C(F)(F)F)s1. The molecule has 1 fully saturated rings. The van der Waals surface area contributed by atoms with Gasteiger partial charge in [0.15, 0.2) is 0 Å². The van der Waals surface area contributed by atoms with Crippen molar-refractivity contribution in [2.24, 2.45) is 10.1 Å². The number of nitrogens with zero attached hydrogens (tertiary/aromatic N) is 2. The van der Waals surface area contributed by atoms with E-state index in [1.54, 1.807) is 13.8 Å². The fourth-order valence-electron chi connectivity index (χ4n) is 2.86. The summed E-state index contributed by atoms with van der Waals surface area (Å²) < 4.78 is 70.0. The molecule has 1 heterocycles. The van der Waals surface area contributed by atoms with Crippen molar-refractivity contribution in [2.75, 3.05) is 0 Å². The zero-order valence-corrected chi connectivity index (χ0v) is 17.3. The average Bonchev–Trinajstić information content (AvgIpc) is 3.28. The summed E-state index contributed by atoms with van der Waals surface area (Å²) in [6, 6.07) is 1.42. The maximum atomic E-state index is 13.7. The quantitative estimate of drug-likeness (QED) is 0.530. The molecule has 1 aliphatic rings. The number of thiol groups is 1. The minimum absolute atomic E-state index is 0.168. The van der Waals surface area contributed by atoms with Crippen molar-refractivity contribution in [3.8, 4) is 0 Å². The van der Waals surface area contributed by atoms with Gasteiger partial charge in [-0.15, -0.1) is 11.3 Å². The number of carbonyl (C=O) groups excluding carboxylic acids is 1. The molecule has 29 heavy (non-hydrogen) atoms. The molecule has 0 aliphatic heterocycles. The van der Waals surface area contributed by atoms with Crippen LogP contribution in [-0.4, -0.2) is 15.1 Å². The number of carbonyl (C=O) groups is 1. The highest BCUT2D eigenvalue weighted by Crippen LogP contribution is 2.45. The van der Waals surface area contributed by atoms with E-state index in [4.69, 9.17) is 5.73 Å². The molecule has 1 unspecified atom stereocenters. The van der Waals surface area contributed by atoms with Crippen LogP contribution in [-0.2, 0) is 33.5 Å². The Kier molecular flexibility index (Phi) is 5.85. The highest BCUT2D eigenvalue weighted by Gasteiger charge is 2.38. The second-order valence-electron chi connectivity index (χ2n) is 7.46. The van der Waals surface area contributed by atoms with Gasteiger partial charge in [0.2, 0.25) is 0 Å². The van der Waals surface area contributed by atoms with Crippen LogP contribution in [0.1, 0.15) is 54.3 Å². The second kappa shape index (κ2) is 7.77. The van der Waals surface area contributed by atoms with Crippen molar-refractivity contribution in [1.82, 2.24) is 4.98 Å². The molecule has 1 aliphatic carbocycles. The van der Waals surface area contributed by atoms with Gasteiger partial charge in [-0.2, -0.15) is 17.5 Å². The number of benzene rings is 1. The van der Waals surface area contributed by atoms with E-state index in [0.717, 1.165) is 17.4 Å². The molecule has 2 N–H and O–H groups in total. The molecule has 158 valence electrons. The van der Waals surface area contributed by atoms with Crippen molar-refractivity contribution in [3.05, 3.63) is 45.8 Å². The van der Waals surface area contributed by atoms with Crippen LogP contribution in [0.3, 0.4) is 0 Å². The molecule has 1 amide bonds. The minimum Gasteiger partial charge on any atom is -0.320 e. The molecular weight excluding hydrogens is 430 g/mol. The highest BCUT2D eigenvalue weighted by atomic mass is 32.2. The molecule has 2 aromatic rings. The molecule has 0 bridgehead atoms. The Morgan fingerprint density at radius 1 is 1.34 bits per heavy atom. The molecule has 1 aromatic heterocycles. The zero-order chi connectivity index (χ0) is 21.6. The van der Waals surface area contributed by atoms with E-state index in [0.29, 0.717) is 23.9 Å². The predicted octanol–water partition coefficient (Wildman–Crippen LogP) is 4.17. The topological polar surface area (TPSA) is 85.4 Å². The van der Waals surface area contributed by atoms with Crippen molar-refractivity contribution in [1.29, 1.82) is 0 Å². The van der Waals surface area contributed by atoms with Crippen LogP contribution in [0.2, 0.25) is 0 Å². The molecule has 0 saturated heterocycles. The molecule has 1 atom stereocenters. The first-order valence-electron chi connectivity index (χ1n) is 8.72. The Balaban J connectivity index is 1.92. The maximum Gasteiger partial charge on any atom is 0.416 e. The van der Waals surface area contributed by atoms with E-state index >= 15 is 0 Å². The summed E-state index contributed by atoms with van der Waals surface area (Å²) in [5.74, 6) is -2.17. The van der Waals surface area contributed by atoms with E-state index in [2.05, 4.69) is 9.35 Å². The van der Waals surface area contributed by atoms with E-state index in [1.807, 2.05) is 0 Å². The lowest BCUT2D eigenvalue weighted by Crippen LogP contribution is -2.28. The van der Waals surface area contributed by atoms with Crippen LogP contribution in [0, 0.1) is 5.82 Å². The van der Waals surface area contributed by atoms with Gasteiger partial charge in [0.1, 0.15) is 15.0 Å². The number of alkyl halides is 3. The number of amides is 1. The van der Waals surface area contributed by atoms with Crippen molar-refractivity contribution in [2.45, 2.75) is 55.0 Å². The fraction of sp³-hybridized carbons (Fsp3) is 0.444. The van der Waals surface area contributed by atoms with Crippen LogP contribution < -0.4 is 5.73 Å². The van der Waals surface area contributed by atoms with Gasteiger partial charge in [0, 0.05) is 0 Å². The second-order valence-corrected chi connectivity index (χ2v) is 10.0. The van der Waals surface area contributed by atoms with Gasteiger partial charge in [-0.3, -0.25) is 4.79 Å². The normalized spacial score (nSPS) is 16.2. The van der Waals surface area contributed by atoms with Gasteiger partial charge < -0.3 is 5.73 Å². The monoisotopic (exact) mass is 449 g/mol. The van der Waals surface area contributed by atoms with Crippen LogP contribution in [0.4, 0.5) is 17.6 Å². The summed E-state index contributed by atoms with van der Waals surface area (Å²) in [5.41, 5.74) is 3.82. The summed E-state index contributed by atoms with van der Waals surface area (Å²) in [6.07, 6.45) is -2.96. The summed E-state index contributed by atoms with van der Waals surface area (Å²) in [4.78, 5) is 16.4. The Morgan fingerprint density at radius 2 is 2.00 bits per heavy atom. The van der Waals surface area contributed by atoms with E-state index < -0.39 is 46.0 Å². The molecule has 11 heteroatoms. The number of rotatable bonds is 5. The lowest BCUT2D eigenvalue weighted by molar-refractivity contribution is -0.138. The summed E-state index contributed by atoms with van der Waals surface area (Å²) in [6.45, 7) is 3.41. The van der Waals surface area contributed by atoms with Crippen molar-refractivity contribution >= 4 is 27.8 Å². The Bertz CT molecular complexity index is 1030. The summed E-state index contributed by atoms with van der Waals surface area (Å²) in [7, 11) is -2.52. The Hall–Kier alpha value is -1.85. The first-order chi connectivity index (χ1) is 13.4. The van der Waals surface area contributed by atoms with Gasteiger partial charge in [0.05, 0.1) is 34.3 Å². The molecule has 0 spiro atoms. The van der Waals surface area contributed by atoms with Crippen LogP contribution in [0.15, 0.2) is 26.9 Å². The molecular formula is C18H19F4N3O2S2. The number of hydrogen-bond acceptors (Lipinski definition) is 5. The van der Waals surface area contributed by atoms with Crippen molar-refractivity contribution < 1.29 is 26.6 Å². The minimum atomic E-state index is -4.82. The highest BCUT2D eigenvalue weighted by molar-refractivity contribution is 7.78. The van der Waals surface area contributed by atoms with Crippen LogP contribution in [0.5, 0.6) is 0 Å². The predicted molar refractivity (Wildman–Crippen MR) is 102 cm³/mol. The summed E-state index contributed by atoms with van der Waals surface area (Å²) in [5, 5.41) is 0.493. The molecule has 3 rings (SSSR count). The number of aromatic nitrogens is 1. The molecule has 5 nitrogen and oxygen atoms in total. The standard InChI is InChI=1S/C18H19F4N3O2S2/c1-17(2,23)16-24-8-15(28-16)29(27)25-14(26)7-12-11(9-3-4-9)5-10(19)6-13(12)18(20,21)22/h5-6,8-9,29H,3-4,7,23H2,1-2H3. The van der Waals surface area contributed by atoms with Gasteiger partial charge in [-0.25, -0.2) is 13.6 Å². The zero-order valence-electron chi connectivity index (χ0n) is 15.6.